The van der Waals surface area contributed by atoms with Crippen molar-refractivity contribution in [3.05, 3.63) is 12.7 Å². The number of nitrogens with zero attached hydrogens (tertiary/aromatic N) is 1. The second kappa shape index (κ2) is 8.56. The molecule has 0 aromatic carbocycles. The van der Waals surface area contributed by atoms with Crippen LogP contribution in [0.15, 0.2) is 12.7 Å². The van der Waals surface area contributed by atoms with Crippen molar-refractivity contribution in [2.45, 2.75) is 45.6 Å². The Morgan fingerprint density at radius 3 is 2.05 bits per heavy atom. The third-order valence-corrected chi connectivity index (χ3v) is 2.44. The lowest BCUT2D eigenvalue weighted by atomic mass is 10.1. The van der Waals surface area contributed by atoms with E-state index < -0.39 is 0 Å². The van der Waals surface area contributed by atoms with Gasteiger partial charge in [-0.25, -0.2) is 4.79 Å². The van der Waals surface area contributed by atoms with Crippen molar-refractivity contribution >= 4 is 12.0 Å². The molecule has 5 heteroatoms. The second-order valence-corrected chi connectivity index (χ2v) is 5.35. The van der Waals surface area contributed by atoms with Crippen LogP contribution in [0.4, 0.5) is 4.79 Å². The van der Waals surface area contributed by atoms with E-state index in [9.17, 15) is 9.59 Å². The Bertz CT molecular complexity index is 302. The molecule has 0 unspecified atom stereocenters. The number of hydrogen-bond acceptors (Lipinski definition) is 3. The molecule has 19 heavy (non-hydrogen) atoms. The zero-order chi connectivity index (χ0) is 14.9. The first kappa shape index (κ1) is 17.5. The summed E-state index contributed by atoms with van der Waals surface area (Å²) in [6.07, 6.45) is 4.52. The molecule has 1 heterocycles. The van der Waals surface area contributed by atoms with E-state index in [1.54, 1.807) is 11.9 Å². The molecule has 0 radical (unpaired) electrons. The lowest BCUT2D eigenvalue weighted by molar-refractivity contribution is -0.116. The van der Waals surface area contributed by atoms with Crippen molar-refractivity contribution in [3.8, 4) is 0 Å². The largest absolute Gasteiger partial charge is 0.444 e. The molecule has 110 valence electrons. The molecule has 2 amide bonds. The predicted octanol–water partition coefficient (Wildman–Crippen LogP) is 2.33. The number of nitrogens with one attached hydrogen (secondary N) is 1. The van der Waals surface area contributed by atoms with E-state index in [0.717, 1.165) is 25.9 Å². The Kier molecular flexibility index (Phi) is 7.87. The maximum absolute atomic E-state index is 11.5. The summed E-state index contributed by atoms with van der Waals surface area (Å²) in [5.41, 5.74) is -0.367. The average molecular weight is 270 g/mol. The van der Waals surface area contributed by atoms with E-state index in [2.05, 4.69) is 11.9 Å². The smallest absolute Gasteiger partial charge is 0.410 e. The predicted molar refractivity (Wildman–Crippen MR) is 75.9 cm³/mol. The molecular weight excluding hydrogens is 244 g/mol. The third kappa shape index (κ3) is 9.11. The van der Waals surface area contributed by atoms with Gasteiger partial charge in [0, 0.05) is 20.1 Å². The molecule has 0 saturated carbocycles. The van der Waals surface area contributed by atoms with E-state index in [4.69, 9.17) is 4.74 Å². The maximum Gasteiger partial charge on any atom is 0.410 e. The van der Waals surface area contributed by atoms with Crippen LogP contribution in [0, 0.1) is 0 Å². The Morgan fingerprint density at radius 2 is 1.74 bits per heavy atom. The van der Waals surface area contributed by atoms with Crippen LogP contribution >= 0.6 is 0 Å². The lowest BCUT2D eigenvalue weighted by Crippen LogP contribution is -2.39. The summed E-state index contributed by atoms with van der Waals surface area (Å²) in [5, 5.41) is 2.36. The quantitative estimate of drug-likeness (QED) is 0.744. The van der Waals surface area contributed by atoms with Crippen molar-refractivity contribution in [1.29, 1.82) is 0 Å². The van der Waals surface area contributed by atoms with Crippen LogP contribution in [0.3, 0.4) is 0 Å². The normalized spacial score (nSPS) is 14.8. The molecule has 0 bridgehead atoms. The molecule has 1 rings (SSSR count). The summed E-state index contributed by atoms with van der Waals surface area (Å²) >= 11 is 0. The monoisotopic (exact) mass is 270 g/mol. The van der Waals surface area contributed by atoms with Crippen molar-refractivity contribution < 1.29 is 14.3 Å². The van der Waals surface area contributed by atoms with Gasteiger partial charge in [0.25, 0.3) is 0 Å². The third-order valence-electron chi connectivity index (χ3n) is 2.44. The van der Waals surface area contributed by atoms with Gasteiger partial charge in [0.05, 0.1) is 0 Å². The van der Waals surface area contributed by atoms with Crippen LogP contribution in [-0.4, -0.2) is 42.6 Å². The Labute approximate surface area is 116 Å². The molecular formula is C14H26N2O3. The van der Waals surface area contributed by atoms with E-state index in [0.29, 0.717) is 0 Å². The van der Waals surface area contributed by atoms with Gasteiger partial charge in [-0.15, -0.1) is 0 Å². The van der Waals surface area contributed by atoms with Crippen molar-refractivity contribution in [2.75, 3.05) is 20.1 Å². The molecule has 1 fully saturated rings. The number of piperidine rings is 1. The number of hydrogen-bond donors (Lipinski definition) is 1. The second-order valence-electron chi connectivity index (χ2n) is 5.35. The SMILES string of the molecule is C=CC(=O)NC.CC(C)(C)OC(=O)N1CCCCC1. The van der Waals surface area contributed by atoms with Crippen molar-refractivity contribution in [3.63, 3.8) is 0 Å². The summed E-state index contributed by atoms with van der Waals surface area (Å²) in [6, 6.07) is 0. The standard InChI is InChI=1S/C10H19NO2.C4H7NO/c1-10(2,3)13-9(12)11-7-5-4-6-8-11;1-3-4(6)5-2/h4-8H2,1-3H3;3H,1H2,2H3,(H,5,6). The van der Waals surface area contributed by atoms with Gasteiger partial charge < -0.3 is 15.0 Å². The number of ether oxygens (including phenoxy) is 1. The van der Waals surface area contributed by atoms with Gasteiger partial charge in [0.2, 0.25) is 5.91 Å². The molecule has 0 aromatic rings. The number of amides is 2. The molecule has 0 aromatic heterocycles. The van der Waals surface area contributed by atoms with Crippen LogP contribution in [0.5, 0.6) is 0 Å². The highest BCUT2D eigenvalue weighted by molar-refractivity contribution is 5.86. The zero-order valence-electron chi connectivity index (χ0n) is 12.5. The summed E-state index contributed by atoms with van der Waals surface area (Å²) in [4.78, 5) is 23.3. The zero-order valence-corrected chi connectivity index (χ0v) is 12.5. The van der Waals surface area contributed by atoms with E-state index in [1.807, 2.05) is 20.8 Å². The molecule has 0 aliphatic carbocycles. The average Bonchev–Trinajstić information content (AvgIpc) is 2.37. The van der Waals surface area contributed by atoms with Gasteiger partial charge in [0.15, 0.2) is 0 Å². The van der Waals surface area contributed by atoms with Crippen LogP contribution in [0.2, 0.25) is 0 Å². The lowest BCUT2D eigenvalue weighted by Gasteiger charge is -2.29. The van der Waals surface area contributed by atoms with E-state index >= 15 is 0 Å². The molecule has 1 N–H and O–H groups in total. The fraction of sp³-hybridized carbons (Fsp3) is 0.714. The van der Waals surface area contributed by atoms with Crippen molar-refractivity contribution in [2.24, 2.45) is 0 Å². The maximum atomic E-state index is 11.5. The minimum atomic E-state index is -0.367. The minimum absolute atomic E-state index is 0.144. The summed E-state index contributed by atoms with van der Waals surface area (Å²) < 4.78 is 5.26. The molecule has 1 saturated heterocycles. The highest BCUT2D eigenvalue weighted by atomic mass is 16.6. The Morgan fingerprint density at radius 1 is 1.21 bits per heavy atom. The summed E-state index contributed by atoms with van der Waals surface area (Å²) in [5.74, 6) is -0.144. The van der Waals surface area contributed by atoms with Gasteiger partial charge in [-0.3, -0.25) is 4.79 Å². The van der Waals surface area contributed by atoms with Gasteiger partial charge in [0.1, 0.15) is 5.60 Å². The number of carbonyl (C=O) groups is 2. The number of likely N-dealkylation sites (tertiary alicyclic amines) is 1. The van der Waals surface area contributed by atoms with Crippen LogP contribution in [0.1, 0.15) is 40.0 Å². The van der Waals surface area contributed by atoms with E-state index in [-0.39, 0.29) is 17.6 Å². The van der Waals surface area contributed by atoms with Gasteiger partial charge >= 0.3 is 6.09 Å². The van der Waals surface area contributed by atoms with Gasteiger partial charge in [-0.2, -0.15) is 0 Å². The molecule has 1 aliphatic heterocycles. The van der Waals surface area contributed by atoms with Crippen LogP contribution in [0.25, 0.3) is 0 Å². The number of rotatable bonds is 1. The van der Waals surface area contributed by atoms with E-state index in [1.165, 1.54) is 12.5 Å². The molecule has 0 atom stereocenters. The van der Waals surface area contributed by atoms with Gasteiger partial charge in [-0.1, -0.05) is 6.58 Å². The molecule has 1 aliphatic rings. The van der Waals surface area contributed by atoms with Crippen molar-refractivity contribution in [1.82, 2.24) is 10.2 Å². The highest BCUT2D eigenvalue weighted by Crippen LogP contribution is 2.14. The summed E-state index contributed by atoms with van der Waals surface area (Å²) in [7, 11) is 1.56. The highest BCUT2D eigenvalue weighted by Gasteiger charge is 2.22. The van der Waals surface area contributed by atoms with Crippen LogP contribution < -0.4 is 5.32 Å². The first-order valence-electron chi connectivity index (χ1n) is 6.62. The molecule has 5 nitrogen and oxygen atoms in total. The van der Waals surface area contributed by atoms with Crippen LogP contribution in [-0.2, 0) is 9.53 Å². The first-order chi connectivity index (χ1) is 8.80. The Hall–Kier alpha value is -1.52. The first-order valence-corrected chi connectivity index (χ1v) is 6.62. The number of carbonyl (C=O) groups excluding carboxylic acids is 2. The summed E-state index contributed by atoms with van der Waals surface area (Å²) in [6.45, 7) is 10.6. The minimum Gasteiger partial charge on any atom is -0.444 e. The fourth-order valence-corrected chi connectivity index (χ4v) is 1.51. The number of likely N-dealkylation sites (N-methyl/N-ethyl adjacent to an activating group) is 1. The fourth-order valence-electron chi connectivity index (χ4n) is 1.51. The van der Waals surface area contributed by atoms with Gasteiger partial charge in [-0.05, 0) is 46.1 Å². The molecule has 0 spiro atoms. The Balaban J connectivity index is 0.000000459. The topological polar surface area (TPSA) is 58.6 Å².